The third kappa shape index (κ3) is 2.26. The van der Waals surface area contributed by atoms with Crippen molar-refractivity contribution in [2.45, 2.75) is 39.3 Å². The molecular weight excluding hydrogens is 326 g/mol. The molecule has 1 aliphatic rings. The molecule has 4 rings (SSSR count). The molecule has 1 aromatic carbocycles. The van der Waals surface area contributed by atoms with Gasteiger partial charge in [0.2, 0.25) is 0 Å². The van der Waals surface area contributed by atoms with Gasteiger partial charge in [-0.05, 0) is 39.0 Å². The van der Waals surface area contributed by atoms with E-state index in [0.29, 0.717) is 17.7 Å². The highest BCUT2D eigenvalue weighted by atomic mass is 19.1. The first-order valence-corrected chi connectivity index (χ1v) is 8.21. The number of H-pyrrole nitrogens is 2. The number of aromatic amines is 2. The summed E-state index contributed by atoms with van der Waals surface area (Å²) in [5, 5.41) is 7.03. The van der Waals surface area contributed by atoms with Gasteiger partial charge in [0.05, 0.1) is 11.6 Å². The summed E-state index contributed by atoms with van der Waals surface area (Å²) in [5.74, 6) is -1.20. The quantitative estimate of drug-likeness (QED) is 0.708. The molecule has 3 heterocycles. The minimum Gasteiger partial charge on any atom is -0.356 e. The average Bonchev–Trinajstić information content (AvgIpc) is 3.15. The third-order valence-corrected chi connectivity index (χ3v) is 4.94. The Morgan fingerprint density at radius 2 is 2.00 bits per heavy atom. The lowest BCUT2D eigenvalue weighted by molar-refractivity contribution is 0.0575. The highest BCUT2D eigenvalue weighted by Gasteiger charge is 2.37. The van der Waals surface area contributed by atoms with Gasteiger partial charge in [0, 0.05) is 34.8 Å². The molecule has 2 atom stereocenters. The number of halogens is 2. The Labute approximate surface area is 143 Å². The predicted octanol–water partition coefficient (Wildman–Crippen LogP) is 3.63. The first-order chi connectivity index (χ1) is 11.9. The number of hydrogen-bond donors (Lipinski definition) is 2. The van der Waals surface area contributed by atoms with Crippen LogP contribution < -0.4 is 0 Å². The van der Waals surface area contributed by atoms with Crippen molar-refractivity contribution >= 4 is 16.8 Å². The van der Waals surface area contributed by atoms with Gasteiger partial charge in [0.1, 0.15) is 17.3 Å². The summed E-state index contributed by atoms with van der Waals surface area (Å²) < 4.78 is 28.5. The number of hydrogen-bond acceptors (Lipinski definition) is 2. The Morgan fingerprint density at radius 3 is 2.68 bits per heavy atom. The van der Waals surface area contributed by atoms with Gasteiger partial charge < -0.3 is 9.88 Å². The van der Waals surface area contributed by atoms with Crippen LogP contribution in [-0.4, -0.2) is 32.0 Å². The van der Waals surface area contributed by atoms with Crippen LogP contribution in [0, 0.1) is 18.6 Å². The van der Waals surface area contributed by atoms with Gasteiger partial charge >= 0.3 is 0 Å². The number of benzene rings is 1. The highest BCUT2D eigenvalue weighted by molar-refractivity contribution is 5.94. The third-order valence-electron chi connectivity index (χ3n) is 4.94. The number of aryl methyl sites for hydroxylation is 1. The number of amides is 1. The number of nitrogens with zero attached hydrogens (tertiary/aromatic N) is 2. The van der Waals surface area contributed by atoms with E-state index in [2.05, 4.69) is 15.2 Å². The maximum atomic E-state index is 14.4. The molecule has 5 nitrogen and oxygen atoms in total. The van der Waals surface area contributed by atoms with E-state index in [0.717, 1.165) is 23.5 Å². The molecule has 0 saturated heterocycles. The van der Waals surface area contributed by atoms with Crippen LogP contribution in [0.15, 0.2) is 18.2 Å². The van der Waals surface area contributed by atoms with E-state index in [-0.39, 0.29) is 22.9 Å². The molecule has 0 radical (unpaired) electrons. The normalized spacial score (nSPS) is 20.1. The second kappa shape index (κ2) is 5.40. The van der Waals surface area contributed by atoms with Crippen LogP contribution in [0.4, 0.5) is 8.78 Å². The lowest BCUT2D eigenvalue weighted by Crippen LogP contribution is -2.45. The van der Waals surface area contributed by atoms with Gasteiger partial charge in [-0.2, -0.15) is 5.10 Å². The van der Waals surface area contributed by atoms with E-state index >= 15 is 0 Å². The van der Waals surface area contributed by atoms with Crippen molar-refractivity contribution in [1.29, 1.82) is 0 Å². The Balaban J connectivity index is 1.85. The van der Waals surface area contributed by atoms with Gasteiger partial charge in [-0.1, -0.05) is 0 Å². The van der Waals surface area contributed by atoms with Crippen molar-refractivity contribution in [3.05, 3.63) is 52.5 Å². The van der Waals surface area contributed by atoms with Gasteiger partial charge in [-0.25, -0.2) is 8.78 Å². The topological polar surface area (TPSA) is 64.8 Å². The molecule has 2 aromatic heterocycles. The number of nitrogens with one attached hydrogen (secondary N) is 2. The summed E-state index contributed by atoms with van der Waals surface area (Å²) in [6.45, 7) is 5.58. The van der Waals surface area contributed by atoms with Gasteiger partial charge in [-0.15, -0.1) is 0 Å². The smallest absolute Gasteiger partial charge is 0.275 e. The zero-order valence-electron chi connectivity index (χ0n) is 14.2. The van der Waals surface area contributed by atoms with Crippen LogP contribution in [0.2, 0.25) is 0 Å². The predicted molar refractivity (Wildman–Crippen MR) is 89.3 cm³/mol. The summed E-state index contributed by atoms with van der Waals surface area (Å²) in [7, 11) is 0. The lowest BCUT2D eigenvalue weighted by atomic mass is 9.92. The van der Waals surface area contributed by atoms with Crippen LogP contribution >= 0.6 is 0 Å². The van der Waals surface area contributed by atoms with Crippen LogP contribution in [0.1, 0.15) is 47.3 Å². The van der Waals surface area contributed by atoms with Gasteiger partial charge in [0.25, 0.3) is 5.91 Å². The number of carbonyl (C=O) groups excluding carboxylic acids is 1. The average molecular weight is 344 g/mol. The largest absolute Gasteiger partial charge is 0.356 e. The number of carbonyl (C=O) groups is 1. The second-order valence-corrected chi connectivity index (χ2v) is 6.67. The number of aromatic nitrogens is 3. The van der Waals surface area contributed by atoms with Crippen molar-refractivity contribution in [1.82, 2.24) is 20.1 Å². The molecule has 2 unspecified atom stereocenters. The second-order valence-electron chi connectivity index (χ2n) is 6.67. The zero-order chi connectivity index (χ0) is 17.9. The number of rotatable bonds is 1. The summed E-state index contributed by atoms with van der Waals surface area (Å²) in [6.07, 6.45) is 0.502. The Bertz CT molecular complexity index is 991. The molecule has 0 spiro atoms. The van der Waals surface area contributed by atoms with Gasteiger partial charge in [0.15, 0.2) is 0 Å². The van der Waals surface area contributed by atoms with E-state index < -0.39 is 17.7 Å². The van der Waals surface area contributed by atoms with Crippen molar-refractivity contribution in [2.75, 3.05) is 0 Å². The SMILES string of the molecule is Cc1cc(C(=O)N2C(C)Cc3[nH]c4c(F)ccc(F)c4c3C2C)n[nH]1. The molecule has 0 bridgehead atoms. The maximum Gasteiger partial charge on any atom is 0.275 e. The van der Waals surface area contributed by atoms with Crippen LogP contribution in [0.5, 0.6) is 0 Å². The fourth-order valence-electron chi connectivity index (χ4n) is 3.88. The Kier molecular flexibility index (Phi) is 3.42. The van der Waals surface area contributed by atoms with Crippen LogP contribution in [0.3, 0.4) is 0 Å². The molecule has 7 heteroatoms. The summed E-state index contributed by atoms with van der Waals surface area (Å²) >= 11 is 0. The molecule has 130 valence electrons. The van der Waals surface area contributed by atoms with Crippen LogP contribution in [0.25, 0.3) is 10.9 Å². The van der Waals surface area contributed by atoms with E-state index in [1.165, 1.54) is 0 Å². The lowest BCUT2D eigenvalue weighted by Gasteiger charge is -2.38. The molecule has 1 amide bonds. The van der Waals surface area contributed by atoms with Crippen molar-refractivity contribution in [2.24, 2.45) is 0 Å². The van der Waals surface area contributed by atoms with E-state index in [1.54, 1.807) is 11.0 Å². The Hall–Kier alpha value is -2.70. The molecule has 1 aliphatic heterocycles. The molecular formula is C18H18F2N4O. The first-order valence-electron chi connectivity index (χ1n) is 8.21. The van der Waals surface area contributed by atoms with E-state index in [1.807, 2.05) is 20.8 Å². The number of fused-ring (bicyclic) bond motifs is 3. The minimum atomic E-state index is -0.494. The van der Waals surface area contributed by atoms with Crippen molar-refractivity contribution in [3.63, 3.8) is 0 Å². The van der Waals surface area contributed by atoms with E-state index in [9.17, 15) is 13.6 Å². The summed E-state index contributed by atoms with van der Waals surface area (Å²) in [4.78, 5) is 17.6. The summed E-state index contributed by atoms with van der Waals surface area (Å²) in [6, 6.07) is 3.41. The van der Waals surface area contributed by atoms with Crippen LogP contribution in [-0.2, 0) is 6.42 Å². The van der Waals surface area contributed by atoms with Crippen molar-refractivity contribution in [3.8, 4) is 0 Å². The Morgan fingerprint density at radius 1 is 1.28 bits per heavy atom. The first kappa shape index (κ1) is 15.8. The van der Waals surface area contributed by atoms with Gasteiger partial charge in [-0.3, -0.25) is 9.89 Å². The standard InChI is InChI=1S/C18H18F2N4O/c1-8-6-14(23-22-8)18(25)24-9(2)7-13-15(10(24)3)16-11(19)4-5-12(20)17(16)21-13/h4-6,9-10,21H,7H2,1-3H3,(H,22,23). The maximum absolute atomic E-state index is 14.4. The molecule has 0 aliphatic carbocycles. The monoisotopic (exact) mass is 344 g/mol. The molecule has 0 fully saturated rings. The zero-order valence-corrected chi connectivity index (χ0v) is 14.2. The molecule has 3 aromatic rings. The fourth-order valence-corrected chi connectivity index (χ4v) is 3.88. The molecule has 2 N–H and O–H groups in total. The summed E-state index contributed by atoms with van der Waals surface area (Å²) in [5.41, 5.74) is 2.70. The van der Waals surface area contributed by atoms with Crippen molar-refractivity contribution < 1.29 is 13.6 Å². The fraction of sp³-hybridized carbons (Fsp3) is 0.333. The minimum absolute atomic E-state index is 0.119. The van der Waals surface area contributed by atoms with E-state index in [4.69, 9.17) is 0 Å². The molecule has 25 heavy (non-hydrogen) atoms. The highest BCUT2D eigenvalue weighted by Crippen LogP contribution is 2.40. The molecule has 0 saturated carbocycles.